The molecular formula is C15H13BrN2OS. The van der Waals surface area contributed by atoms with Crippen molar-refractivity contribution in [3.63, 3.8) is 0 Å². The standard InChI is InChI=1S/C15H13BrN2OS/c1-20(19)14-5-2-11(3-6-14)10-18-15-7-4-13(16)8-12(15)9-17/h2-8,18H,10H2,1H3. The van der Waals surface area contributed by atoms with Crippen LogP contribution in [0.15, 0.2) is 51.8 Å². The normalized spacial score (nSPS) is 11.7. The van der Waals surface area contributed by atoms with Gasteiger partial charge < -0.3 is 5.32 Å². The number of nitriles is 1. The average Bonchev–Trinajstić information content (AvgIpc) is 2.46. The largest absolute Gasteiger partial charge is 0.380 e. The molecule has 0 aliphatic carbocycles. The minimum absolute atomic E-state index is 0.602. The zero-order chi connectivity index (χ0) is 14.5. The van der Waals surface area contributed by atoms with Crippen LogP contribution in [0.25, 0.3) is 0 Å². The second-order valence-electron chi connectivity index (χ2n) is 4.25. The highest BCUT2D eigenvalue weighted by Gasteiger charge is 2.03. The Morgan fingerprint density at radius 3 is 2.55 bits per heavy atom. The Morgan fingerprint density at radius 2 is 1.95 bits per heavy atom. The molecule has 1 atom stereocenters. The van der Waals surface area contributed by atoms with E-state index in [0.29, 0.717) is 12.1 Å². The molecule has 0 radical (unpaired) electrons. The maximum absolute atomic E-state index is 11.3. The Kier molecular flexibility index (Phi) is 4.94. The van der Waals surface area contributed by atoms with Gasteiger partial charge >= 0.3 is 0 Å². The quantitative estimate of drug-likeness (QED) is 0.916. The molecule has 3 nitrogen and oxygen atoms in total. The van der Waals surface area contributed by atoms with E-state index in [-0.39, 0.29) is 0 Å². The molecule has 0 bridgehead atoms. The summed E-state index contributed by atoms with van der Waals surface area (Å²) in [7, 11) is -0.954. The van der Waals surface area contributed by atoms with Gasteiger partial charge in [0.2, 0.25) is 0 Å². The van der Waals surface area contributed by atoms with E-state index < -0.39 is 10.8 Å². The monoisotopic (exact) mass is 348 g/mol. The summed E-state index contributed by atoms with van der Waals surface area (Å²) in [5, 5.41) is 12.3. The highest BCUT2D eigenvalue weighted by Crippen LogP contribution is 2.21. The van der Waals surface area contributed by atoms with Gasteiger partial charge in [-0.1, -0.05) is 28.1 Å². The molecule has 5 heteroatoms. The van der Waals surface area contributed by atoms with Gasteiger partial charge in [0.05, 0.1) is 11.3 Å². The van der Waals surface area contributed by atoms with Gasteiger partial charge in [-0.2, -0.15) is 5.26 Å². The highest BCUT2D eigenvalue weighted by atomic mass is 79.9. The van der Waals surface area contributed by atoms with E-state index in [9.17, 15) is 4.21 Å². The fraction of sp³-hybridized carbons (Fsp3) is 0.133. The van der Waals surface area contributed by atoms with Crippen LogP contribution in [-0.4, -0.2) is 10.5 Å². The lowest BCUT2D eigenvalue weighted by atomic mass is 10.1. The summed E-state index contributed by atoms with van der Waals surface area (Å²) >= 11 is 3.35. The lowest BCUT2D eigenvalue weighted by Gasteiger charge is -2.09. The zero-order valence-corrected chi connectivity index (χ0v) is 13.3. The van der Waals surface area contributed by atoms with Gasteiger partial charge in [-0.05, 0) is 35.9 Å². The van der Waals surface area contributed by atoms with Gasteiger partial charge in [-0.15, -0.1) is 0 Å². The molecule has 1 unspecified atom stereocenters. The van der Waals surface area contributed by atoms with Crippen LogP contribution >= 0.6 is 15.9 Å². The molecule has 0 amide bonds. The van der Waals surface area contributed by atoms with E-state index in [4.69, 9.17) is 5.26 Å². The molecule has 0 aliphatic rings. The summed E-state index contributed by atoms with van der Waals surface area (Å²) in [4.78, 5) is 0.815. The third kappa shape index (κ3) is 3.69. The van der Waals surface area contributed by atoms with Crippen molar-refractivity contribution < 1.29 is 4.21 Å². The van der Waals surface area contributed by atoms with E-state index >= 15 is 0 Å². The van der Waals surface area contributed by atoms with Crippen molar-refractivity contribution in [2.75, 3.05) is 11.6 Å². The van der Waals surface area contributed by atoms with Crippen molar-refractivity contribution >= 4 is 32.4 Å². The molecule has 0 aromatic heterocycles. The molecule has 0 spiro atoms. The number of rotatable bonds is 4. The summed E-state index contributed by atoms with van der Waals surface area (Å²) in [5.74, 6) is 0. The summed E-state index contributed by atoms with van der Waals surface area (Å²) < 4.78 is 12.2. The van der Waals surface area contributed by atoms with Gasteiger partial charge in [0.1, 0.15) is 6.07 Å². The minimum Gasteiger partial charge on any atom is -0.380 e. The Labute approximate surface area is 129 Å². The number of hydrogen-bond donors (Lipinski definition) is 1. The van der Waals surface area contributed by atoms with Gasteiger partial charge in [-0.3, -0.25) is 4.21 Å². The summed E-state index contributed by atoms with van der Waals surface area (Å²) in [6, 6.07) is 15.3. The van der Waals surface area contributed by atoms with E-state index in [2.05, 4.69) is 27.3 Å². The van der Waals surface area contributed by atoms with Crippen molar-refractivity contribution in [2.24, 2.45) is 0 Å². The molecular weight excluding hydrogens is 336 g/mol. The van der Waals surface area contributed by atoms with E-state index in [1.54, 1.807) is 12.3 Å². The van der Waals surface area contributed by atoms with Crippen LogP contribution in [0, 0.1) is 11.3 Å². The molecule has 20 heavy (non-hydrogen) atoms. The van der Waals surface area contributed by atoms with Gasteiger partial charge in [0.15, 0.2) is 0 Å². The van der Waals surface area contributed by atoms with Crippen molar-refractivity contribution in [2.45, 2.75) is 11.4 Å². The van der Waals surface area contributed by atoms with Crippen LogP contribution in [0.5, 0.6) is 0 Å². The average molecular weight is 349 g/mol. The number of nitrogens with zero attached hydrogens (tertiary/aromatic N) is 1. The Balaban J connectivity index is 2.09. The fourth-order valence-corrected chi connectivity index (χ4v) is 2.64. The molecule has 0 saturated heterocycles. The van der Waals surface area contributed by atoms with Crippen molar-refractivity contribution in [3.05, 3.63) is 58.1 Å². The maximum Gasteiger partial charge on any atom is 0.101 e. The Bertz CT molecular complexity index is 677. The summed E-state index contributed by atoms with van der Waals surface area (Å²) in [6.45, 7) is 0.618. The van der Waals surface area contributed by atoms with Crippen LogP contribution < -0.4 is 5.32 Å². The SMILES string of the molecule is CS(=O)c1ccc(CNc2ccc(Br)cc2C#N)cc1. The lowest BCUT2D eigenvalue weighted by Crippen LogP contribution is -2.01. The lowest BCUT2D eigenvalue weighted by molar-refractivity contribution is 0.687. The Hall–Kier alpha value is -1.64. The van der Waals surface area contributed by atoms with E-state index in [0.717, 1.165) is 20.6 Å². The van der Waals surface area contributed by atoms with E-state index in [1.165, 1.54) is 0 Å². The summed E-state index contributed by atoms with van der Waals surface area (Å²) in [5.41, 5.74) is 2.48. The van der Waals surface area contributed by atoms with Crippen LogP contribution in [-0.2, 0) is 17.3 Å². The van der Waals surface area contributed by atoms with Gasteiger partial charge in [0.25, 0.3) is 0 Å². The van der Waals surface area contributed by atoms with Crippen molar-refractivity contribution in [1.82, 2.24) is 0 Å². The molecule has 2 rings (SSSR count). The first-order chi connectivity index (χ1) is 9.60. The molecule has 0 aliphatic heterocycles. The third-order valence-corrected chi connectivity index (χ3v) is 4.27. The molecule has 2 aromatic carbocycles. The molecule has 102 valence electrons. The first-order valence-electron chi connectivity index (χ1n) is 5.96. The third-order valence-electron chi connectivity index (χ3n) is 2.84. The summed E-state index contributed by atoms with van der Waals surface area (Å²) in [6.07, 6.45) is 1.66. The van der Waals surface area contributed by atoms with Crippen molar-refractivity contribution in [3.8, 4) is 6.07 Å². The highest BCUT2D eigenvalue weighted by molar-refractivity contribution is 9.10. The van der Waals surface area contributed by atoms with Gasteiger partial charge in [0, 0.05) is 33.0 Å². The number of anilines is 1. The predicted octanol–water partition coefficient (Wildman–Crippen LogP) is 3.67. The van der Waals surface area contributed by atoms with Crippen LogP contribution in [0.2, 0.25) is 0 Å². The second-order valence-corrected chi connectivity index (χ2v) is 6.55. The van der Waals surface area contributed by atoms with Crippen LogP contribution in [0.1, 0.15) is 11.1 Å². The van der Waals surface area contributed by atoms with Gasteiger partial charge in [-0.25, -0.2) is 0 Å². The first-order valence-corrected chi connectivity index (χ1v) is 8.31. The predicted molar refractivity (Wildman–Crippen MR) is 85.0 cm³/mol. The van der Waals surface area contributed by atoms with E-state index in [1.807, 2.05) is 36.4 Å². The maximum atomic E-state index is 11.3. The molecule has 0 heterocycles. The second kappa shape index (κ2) is 6.69. The van der Waals surface area contributed by atoms with Crippen molar-refractivity contribution in [1.29, 1.82) is 5.26 Å². The smallest absolute Gasteiger partial charge is 0.101 e. The van der Waals surface area contributed by atoms with Crippen LogP contribution in [0.3, 0.4) is 0 Å². The fourth-order valence-electron chi connectivity index (χ4n) is 1.76. The Morgan fingerprint density at radius 1 is 1.25 bits per heavy atom. The number of hydrogen-bond acceptors (Lipinski definition) is 3. The van der Waals surface area contributed by atoms with Crippen LogP contribution in [0.4, 0.5) is 5.69 Å². The molecule has 2 aromatic rings. The zero-order valence-electron chi connectivity index (χ0n) is 10.9. The molecule has 0 fully saturated rings. The molecule has 1 N–H and O–H groups in total. The first kappa shape index (κ1) is 14.8. The molecule has 0 saturated carbocycles. The number of nitrogens with one attached hydrogen (secondary N) is 1. The topological polar surface area (TPSA) is 52.9 Å². The number of halogens is 1. The minimum atomic E-state index is -0.954. The number of benzene rings is 2.